The van der Waals surface area contributed by atoms with Crippen molar-refractivity contribution in [2.75, 3.05) is 12.3 Å². The van der Waals surface area contributed by atoms with Crippen molar-refractivity contribution in [1.29, 1.82) is 0 Å². The van der Waals surface area contributed by atoms with Gasteiger partial charge in [-0.05, 0) is 37.6 Å². The van der Waals surface area contributed by atoms with Gasteiger partial charge in [0, 0.05) is 25.2 Å². The quantitative estimate of drug-likeness (QED) is 0.490. The number of carbonyl (C=O) groups is 2. The van der Waals surface area contributed by atoms with Crippen LogP contribution in [0.3, 0.4) is 0 Å². The molecule has 1 saturated heterocycles. The molecular formula is C21H29Cl2N5O3. The molecule has 0 saturated carbocycles. The summed E-state index contributed by atoms with van der Waals surface area (Å²) in [6.45, 7) is 4.40. The van der Waals surface area contributed by atoms with Gasteiger partial charge in [-0.1, -0.05) is 24.3 Å². The molecule has 2 amide bonds. The van der Waals surface area contributed by atoms with Gasteiger partial charge in [-0.2, -0.15) is 0 Å². The van der Waals surface area contributed by atoms with Crippen LogP contribution in [-0.2, 0) is 16.1 Å². The van der Waals surface area contributed by atoms with E-state index >= 15 is 0 Å². The number of halogens is 2. The van der Waals surface area contributed by atoms with Crippen LogP contribution in [-0.4, -0.2) is 41.5 Å². The normalized spacial score (nSPS) is 18.1. The van der Waals surface area contributed by atoms with E-state index in [9.17, 15) is 9.59 Å². The van der Waals surface area contributed by atoms with Crippen LogP contribution in [0.1, 0.15) is 24.6 Å². The lowest BCUT2D eigenvalue weighted by molar-refractivity contribution is -0.129. The molecule has 5 N–H and O–H groups in total. The lowest BCUT2D eigenvalue weighted by Crippen LogP contribution is -2.50. The summed E-state index contributed by atoms with van der Waals surface area (Å²) in [6, 6.07) is 12.0. The van der Waals surface area contributed by atoms with Gasteiger partial charge in [-0.25, -0.2) is 4.98 Å². The van der Waals surface area contributed by atoms with Gasteiger partial charge in [-0.15, -0.1) is 24.8 Å². The largest absolute Gasteiger partial charge is 0.489 e. The Morgan fingerprint density at radius 1 is 1.23 bits per heavy atom. The number of para-hydroxylation sites is 1. The summed E-state index contributed by atoms with van der Waals surface area (Å²) in [5.41, 5.74) is 7.28. The van der Waals surface area contributed by atoms with Gasteiger partial charge >= 0.3 is 0 Å². The summed E-state index contributed by atoms with van der Waals surface area (Å²) in [6.07, 6.45) is 0.462. The minimum absolute atomic E-state index is 0. The molecule has 8 nitrogen and oxygen atoms in total. The molecule has 31 heavy (non-hydrogen) atoms. The van der Waals surface area contributed by atoms with Crippen molar-refractivity contribution < 1.29 is 14.3 Å². The maximum absolute atomic E-state index is 12.5. The number of nitrogens with one attached hydrogen (secondary N) is 3. The van der Waals surface area contributed by atoms with Crippen molar-refractivity contribution in [2.45, 2.75) is 45.0 Å². The van der Waals surface area contributed by atoms with E-state index in [4.69, 9.17) is 10.5 Å². The fourth-order valence-corrected chi connectivity index (χ4v) is 3.20. The number of hydrogen-bond acceptors (Lipinski definition) is 6. The van der Waals surface area contributed by atoms with Gasteiger partial charge in [0.15, 0.2) is 0 Å². The van der Waals surface area contributed by atoms with E-state index in [1.165, 1.54) is 0 Å². The van der Waals surface area contributed by atoms with E-state index in [0.717, 1.165) is 17.0 Å². The number of amides is 2. The topological polar surface area (TPSA) is 118 Å². The molecule has 3 atom stereocenters. The number of aryl methyl sites for hydroxylation is 1. The zero-order valence-corrected chi connectivity index (χ0v) is 19.1. The van der Waals surface area contributed by atoms with Crippen LogP contribution < -0.4 is 26.4 Å². The number of carbonyl (C=O) groups excluding carboxylic acids is 2. The van der Waals surface area contributed by atoms with Gasteiger partial charge in [0.05, 0.1) is 6.04 Å². The Labute approximate surface area is 194 Å². The smallest absolute Gasteiger partial charge is 0.242 e. The predicted molar refractivity (Wildman–Crippen MR) is 125 cm³/mol. The zero-order chi connectivity index (χ0) is 20.8. The highest BCUT2D eigenvalue weighted by Gasteiger charge is 2.32. The third-order valence-corrected chi connectivity index (χ3v) is 4.87. The first kappa shape index (κ1) is 26.5. The number of benzene rings is 1. The van der Waals surface area contributed by atoms with E-state index in [0.29, 0.717) is 25.3 Å². The lowest BCUT2D eigenvalue weighted by Gasteiger charge is -2.17. The Bertz CT molecular complexity index is 869. The van der Waals surface area contributed by atoms with Crippen molar-refractivity contribution in [3.63, 3.8) is 0 Å². The summed E-state index contributed by atoms with van der Waals surface area (Å²) in [5, 5.41) is 8.73. The van der Waals surface area contributed by atoms with Gasteiger partial charge in [0.25, 0.3) is 0 Å². The molecule has 1 unspecified atom stereocenters. The summed E-state index contributed by atoms with van der Waals surface area (Å²) in [7, 11) is 0. The van der Waals surface area contributed by atoms with Gasteiger partial charge in [0.1, 0.15) is 23.7 Å². The van der Waals surface area contributed by atoms with Crippen LogP contribution >= 0.6 is 24.8 Å². The highest BCUT2D eigenvalue weighted by Crippen LogP contribution is 2.17. The van der Waals surface area contributed by atoms with E-state index in [-0.39, 0.29) is 48.8 Å². The van der Waals surface area contributed by atoms with Crippen molar-refractivity contribution in [1.82, 2.24) is 20.9 Å². The standard InChI is InChI=1S/C21H27N5O3.2ClH/c1-13-15(8-9-19(22)25-13)11-24-20(27)14(2)26-21(28)18-10-17(12-23-18)29-16-6-4-3-5-7-16;;/h3-9,14,17-18,23H,10-12H2,1-2H3,(H2,22,25)(H,24,27)(H,26,28);2*1H/t14?,17-,18+;;/m0../s1. The summed E-state index contributed by atoms with van der Waals surface area (Å²) >= 11 is 0. The molecule has 0 aliphatic carbocycles. The molecule has 170 valence electrons. The third kappa shape index (κ3) is 7.57. The second kappa shape index (κ2) is 12.3. The Morgan fingerprint density at radius 2 is 1.94 bits per heavy atom. The molecule has 0 spiro atoms. The molecule has 1 aromatic carbocycles. The number of hydrogen-bond donors (Lipinski definition) is 4. The average Bonchev–Trinajstić information content (AvgIpc) is 3.16. The van der Waals surface area contributed by atoms with Gasteiger partial charge in [0.2, 0.25) is 11.8 Å². The van der Waals surface area contributed by atoms with Crippen LogP contribution in [0.5, 0.6) is 5.75 Å². The number of pyridine rings is 1. The number of nitrogen functional groups attached to an aromatic ring is 1. The molecule has 0 radical (unpaired) electrons. The fraction of sp³-hybridized carbons (Fsp3) is 0.381. The van der Waals surface area contributed by atoms with Crippen LogP contribution in [0.4, 0.5) is 5.82 Å². The van der Waals surface area contributed by atoms with E-state index in [1.807, 2.05) is 43.3 Å². The minimum atomic E-state index is -0.652. The predicted octanol–water partition coefficient (Wildman–Crippen LogP) is 1.75. The monoisotopic (exact) mass is 469 g/mol. The number of aromatic nitrogens is 1. The van der Waals surface area contributed by atoms with Crippen molar-refractivity contribution >= 4 is 42.4 Å². The van der Waals surface area contributed by atoms with Crippen molar-refractivity contribution in [2.24, 2.45) is 0 Å². The lowest BCUT2D eigenvalue weighted by atomic mass is 10.1. The van der Waals surface area contributed by atoms with E-state index in [1.54, 1.807) is 13.0 Å². The summed E-state index contributed by atoms with van der Waals surface area (Å²) in [5.74, 6) is 0.749. The number of anilines is 1. The summed E-state index contributed by atoms with van der Waals surface area (Å²) < 4.78 is 5.88. The Hall–Kier alpha value is -2.55. The summed E-state index contributed by atoms with van der Waals surface area (Å²) in [4.78, 5) is 29.0. The van der Waals surface area contributed by atoms with Gasteiger partial charge in [-0.3, -0.25) is 9.59 Å². The first-order chi connectivity index (χ1) is 13.9. The SMILES string of the molecule is Cc1nc(N)ccc1CNC(=O)C(C)NC(=O)[C@H]1C[C@H](Oc2ccccc2)CN1.Cl.Cl. The maximum atomic E-state index is 12.5. The molecule has 1 aliphatic heterocycles. The van der Waals surface area contributed by atoms with E-state index < -0.39 is 6.04 Å². The molecule has 10 heteroatoms. The van der Waals surface area contributed by atoms with E-state index in [2.05, 4.69) is 20.9 Å². The molecule has 1 aromatic heterocycles. The molecule has 1 aliphatic rings. The first-order valence-electron chi connectivity index (χ1n) is 9.67. The van der Waals surface area contributed by atoms with Crippen molar-refractivity contribution in [3.05, 3.63) is 53.7 Å². The second-order valence-corrected chi connectivity index (χ2v) is 7.18. The van der Waals surface area contributed by atoms with Crippen LogP contribution in [0.15, 0.2) is 42.5 Å². The second-order valence-electron chi connectivity index (χ2n) is 7.18. The molecule has 3 rings (SSSR count). The molecule has 2 aromatic rings. The number of rotatable bonds is 7. The highest BCUT2D eigenvalue weighted by atomic mass is 35.5. The first-order valence-corrected chi connectivity index (χ1v) is 9.67. The van der Waals surface area contributed by atoms with Gasteiger partial charge < -0.3 is 26.4 Å². The number of ether oxygens (including phenoxy) is 1. The number of nitrogens with zero attached hydrogens (tertiary/aromatic N) is 1. The maximum Gasteiger partial charge on any atom is 0.242 e. The Morgan fingerprint density at radius 3 is 2.61 bits per heavy atom. The Kier molecular flexibility index (Phi) is 10.5. The highest BCUT2D eigenvalue weighted by molar-refractivity contribution is 5.89. The Balaban J connectivity index is 0.00000240. The molecule has 2 heterocycles. The zero-order valence-electron chi connectivity index (χ0n) is 17.5. The minimum Gasteiger partial charge on any atom is -0.489 e. The average molecular weight is 470 g/mol. The van der Waals surface area contributed by atoms with Crippen LogP contribution in [0, 0.1) is 6.92 Å². The number of nitrogens with two attached hydrogens (primary N) is 1. The van der Waals surface area contributed by atoms with Crippen LogP contribution in [0.2, 0.25) is 0 Å². The van der Waals surface area contributed by atoms with Crippen LogP contribution in [0.25, 0.3) is 0 Å². The third-order valence-electron chi connectivity index (χ3n) is 4.87. The molecular weight excluding hydrogens is 441 g/mol. The fourth-order valence-electron chi connectivity index (χ4n) is 3.20. The molecule has 1 fully saturated rings. The van der Waals surface area contributed by atoms with Crippen molar-refractivity contribution in [3.8, 4) is 5.75 Å². The molecule has 0 bridgehead atoms.